The Morgan fingerprint density at radius 1 is 1.36 bits per heavy atom. The molecular formula is C5H10O6. The van der Waals surface area contributed by atoms with Gasteiger partial charge in [0.15, 0.2) is 6.29 Å². The number of carbonyl (C=O) groups is 1. The van der Waals surface area contributed by atoms with Crippen molar-refractivity contribution < 1.29 is 30.3 Å². The summed E-state index contributed by atoms with van der Waals surface area (Å²) in [4.78, 5) is 9.84. The summed E-state index contributed by atoms with van der Waals surface area (Å²) in [6.45, 7) is -0.863. The molecule has 0 fully saturated rings. The van der Waals surface area contributed by atoms with Gasteiger partial charge in [-0.2, -0.15) is 0 Å². The van der Waals surface area contributed by atoms with E-state index >= 15 is 0 Å². The van der Waals surface area contributed by atoms with Crippen LogP contribution >= 0.6 is 0 Å². The van der Waals surface area contributed by atoms with Crippen LogP contribution in [-0.2, 0) is 4.79 Å². The average molecular weight is 166 g/mol. The van der Waals surface area contributed by atoms with E-state index in [1.54, 1.807) is 0 Å². The predicted molar refractivity (Wildman–Crippen MR) is 32.3 cm³/mol. The first-order chi connectivity index (χ1) is 4.95. The minimum Gasteiger partial charge on any atom is -0.394 e. The minimum atomic E-state index is -3.01. The first-order valence-electron chi connectivity index (χ1n) is 2.83. The van der Waals surface area contributed by atoms with Gasteiger partial charge in [-0.05, 0) is 0 Å². The molecule has 0 aliphatic heterocycles. The Balaban J connectivity index is 4.21. The molecule has 0 radical (unpaired) electrons. The Hall–Kier alpha value is -0.530. The molecule has 0 bridgehead atoms. The molecule has 11 heavy (non-hydrogen) atoms. The number of carbonyl (C=O) groups excluding carboxylic acids is 1. The summed E-state index contributed by atoms with van der Waals surface area (Å²) in [7, 11) is 0. The number of hydrogen-bond acceptors (Lipinski definition) is 6. The molecule has 6 nitrogen and oxygen atoms in total. The monoisotopic (exact) mass is 166 g/mol. The highest BCUT2D eigenvalue weighted by Gasteiger charge is 2.37. The first-order valence-corrected chi connectivity index (χ1v) is 2.83. The van der Waals surface area contributed by atoms with Gasteiger partial charge in [0.2, 0.25) is 0 Å². The molecule has 0 saturated carbocycles. The molecule has 0 saturated heterocycles. The maximum Gasteiger partial charge on any atom is 0.250 e. The summed E-state index contributed by atoms with van der Waals surface area (Å²) in [6.07, 6.45) is -4.20. The molecule has 0 aliphatic rings. The lowest BCUT2D eigenvalue weighted by molar-refractivity contribution is -0.230. The normalized spacial score (nSPS) is 17.5. The third kappa shape index (κ3) is 2.52. The van der Waals surface area contributed by atoms with E-state index in [1.807, 2.05) is 0 Å². The standard InChI is InChI=1S/C5H10O6/c6-1-3(8)4(9)5(10,11)2-7/h2-4,6,8-11H,1H2/t3-,4-/m1/s1. The van der Waals surface area contributed by atoms with Crippen molar-refractivity contribution in [3.8, 4) is 0 Å². The average Bonchev–Trinajstić information content (AvgIpc) is 2.01. The predicted octanol–water partition coefficient (Wildman–Crippen LogP) is -3.42. The van der Waals surface area contributed by atoms with Crippen LogP contribution in [0.1, 0.15) is 0 Å². The van der Waals surface area contributed by atoms with Crippen molar-refractivity contribution in [2.75, 3.05) is 6.61 Å². The fourth-order valence-corrected chi connectivity index (χ4v) is 0.453. The maximum atomic E-state index is 9.84. The topological polar surface area (TPSA) is 118 Å². The third-order valence-corrected chi connectivity index (χ3v) is 1.16. The molecule has 5 N–H and O–H groups in total. The second kappa shape index (κ2) is 3.74. The first kappa shape index (κ1) is 10.5. The Morgan fingerprint density at radius 3 is 2.09 bits per heavy atom. The van der Waals surface area contributed by atoms with Crippen LogP contribution in [0.25, 0.3) is 0 Å². The van der Waals surface area contributed by atoms with Gasteiger partial charge >= 0.3 is 0 Å². The number of rotatable bonds is 4. The second-order valence-electron chi connectivity index (χ2n) is 2.10. The number of aliphatic hydroxyl groups is 5. The summed E-state index contributed by atoms with van der Waals surface area (Å²) in [5.41, 5.74) is 0. The lowest BCUT2D eigenvalue weighted by atomic mass is 10.1. The van der Waals surface area contributed by atoms with Crippen molar-refractivity contribution in [1.29, 1.82) is 0 Å². The minimum absolute atomic E-state index is 0.337. The van der Waals surface area contributed by atoms with Crippen molar-refractivity contribution >= 4 is 6.29 Å². The lowest BCUT2D eigenvalue weighted by Gasteiger charge is -2.24. The highest BCUT2D eigenvalue weighted by Crippen LogP contribution is 2.06. The maximum absolute atomic E-state index is 9.84. The second-order valence-corrected chi connectivity index (χ2v) is 2.10. The molecule has 0 aromatic rings. The zero-order valence-electron chi connectivity index (χ0n) is 5.58. The zero-order chi connectivity index (χ0) is 9.07. The fraction of sp³-hybridized carbons (Fsp3) is 0.800. The van der Waals surface area contributed by atoms with Gasteiger partial charge in [0.25, 0.3) is 5.79 Å². The van der Waals surface area contributed by atoms with Crippen LogP contribution in [0.3, 0.4) is 0 Å². The van der Waals surface area contributed by atoms with Crippen molar-refractivity contribution in [2.45, 2.75) is 18.0 Å². The van der Waals surface area contributed by atoms with E-state index in [1.165, 1.54) is 0 Å². The van der Waals surface area contributed by atoms with Gasteiger partial charge in [0.1, 0.15) is 12.2 Å². The van der Waals surface area contributed by atoms with Crippen molar-refractivity contribution in [3.63, 3.8) is 0 Å². The van der Waals surface area contributed by atoms with E-state index in [9.17, 15) is 4.79 Å². The molecular weight excluding hydrogens is 156 g/mol. The Labute approximate surface area is 62.3 Å². The van der Waals surface area contributed by atoms with E-state index < -0.39 is 24.6 Å². The highest BCUT2D eigenvalue weighted by molar-refractivity contribution is 5.60. The van der Waals surface area contributed by atoms with Gasteiger partial charge in [-0.15, -0.1) is 0 Å². The van der Waals surface area contributed by atoms with Gasteiger partial charge in [-0.3, -0.25) is 4.79 Å². The van der Waals surface area contributed by atoms with Crippen LogP contribution in [0.4, 0.5) is 0 Å². The summed E-state index contributed by atoms with van der Waals surface area (Å²) < 4.78 is 0. The molecule has 66 valence electrons. The van der Waals surface area contributed by atoms with Crippen LogP contribution in [0.5, 0.6) is 0 Å². The Kier molecular flexibility index (Phi) is 3.56. The lowest BCUT2D eigenvalue weighted by Crippen LogP contribution is -2.51. The number of aldehydes is 1. The van der Waals surface area contributed by atoms with Gasteiger partial charge in [-0.25, -0.2) is 0 Å². The van der Waals surface area contributed by atoms with Gasteiger partial charge in [-0.1, -0.05) is 0 Å². The molecule has 0 unspecified atom stereocenters. The van der Waals surface area contributed by atoms with Crippen molar-refractivity contribution in [3.05, 3.63) is 0 Å². The Bertz CT molecular complexity index is 133. The number of hydrogen-bond donors (Lipinski definition) is 5. The van der Waals surface area contributed by atoms with Crippen molar-refractivity contribution in [1.82, 2.24) is 0 Å². The summed E-state index contributed by atoms with van der Waals surface area (Å²) in [6, 6.07) is 0. The quantitative estimate of drug-likeness (QED) is 0.219. The molecule has 0 amide bonds. The summed E-state index contributed by atoms with van der Waals surface area (Å²) in [5, 5.41) is 42.7. The molecule has 0 aromatic carbocycles. The summed E-state index contributed by atoms with van der Waals surface area (Å²) in [5.74, 6) is -3.01. The van der Waals surface area contributed by atoms with Crippen LogP contribution in [0, 0.1) is 0 Å². The molecule has 0 rings (SSSR count). The largest absolute Gasteiger partial charge is 0.394 e. The molecule has 0 heterocycles. The zero-order valence-corrected chi connectivity index (χ0v) is 5.58. The molecule has 0 spiro atoms. The molecule has 0 aromatic heterocycles. The van der Waals surface area contributed by atoms with Crippen LogP contribution in [0.2, 0.25) is 0 Å². The van der Waals surface area contributed by atoms with E-state index in [0.29, 0.717) is 0 Å². The Morgan fingerprint density at radius 2 is 1.82 bits per heavy atom. The highest BCUT2D eigenvalue weighted by atomic mass is 16.5. The molecule has 6 heteroatoms. The fourth-order valence-electron chi connectivity index (χ4n) is 0.453. The van der Waals surface area contributed by atoms with Crippen LogP contribution in [0.15, 0.2) is 0 Å². The van der Waals surface area contributed by atoms with Crippen LogP contribution < -0.4 is 0 Å². The van der Waals surface area contributed by atoms with E-state index in [0.717, 1.165) is 0 Å². The molecule has 2 atom stereocenters. The van der Waals surface area contributed by atoms with E-state index in [2.05, 4.69) is 0 Å². The third-order valence-electron chi connectivity index (χ3n) is 1.16. The number of aliphatic hydroxyl groups excluding tert-OH is 3. The smallest absolute Gasteiger partial charge is 0.250 e. The van der Waals surface area contributed by atoms with Gasteiger partial charge in [0, 0.05) is 0 Å². The van der Waals surface area contributed by atoms with Gasteiger partial charge in [0.05, 0.1) is 6.61 Å². The van der Waals surface area contributed by atoms with Crippen molar-refractivity contribution in [2.24, 2.45) is 0 Å². The van der Waals surface area contributed by atoms with Gasteiger partial charge < -0.3 is 25.5 Å². The van der Waals surface area contributed by atoms with E-state index in [4.69, 9.17) is 25.5 Å². The van der Waals surface area contributed by atoms with E-state index in [-0.39, 0.29) is 6.29 Å². The summed E-state index contributed by atoms with van der Waals surface area (Å²) >= 11 is 0. The SMILES string of the molecule is O=CC(O)(O)[C@H](O)[C@H](O)CO. The molecule has 0 aliphatic carbocycles. The van der Waals surface area contributed by atoms with Crippen LogP contribution in [-0.4, -0.2) is 56.4 Å².